The summed E-state index contributed by atoms with van der Waals surface area (Å²) in [5.74, 6) is -1.67. The summed E-state index contributed by atoms with van der Waals surface area (Å²) in [5.41, 5.74) is -0.0566. The monoisotopic (exact) mass is 190 g/mol. The molecule has 0 unspecified atom stereocenters. The molecule has 3 N–H and O–H groups in total. The van der Waals surface area contributed by atoms with E-state index < -0.39 is 18.7 Å². The lowest BCUT2D eigenvalue weighted by atomic mass is 9.80. The second-order valence-electron chi connectivity index (χ2n) is 2.21. The predicted molar refractivity (Wildman–Crippen MR) is 42.9 cm³/mol. The highest BCUT2D eigenvalue weighted by atomic mass is 35.5. The van der Waals surface area contributed by atoms with Gasteiger partial charge in [-0.3, -0.25) is 0 Å². The van der Waals surface area contributed by atoms with Gasteiger partial charge in [0.25, 0.3) is 0 Å². The number of benzene rings is 1. The van der Waals surface area contributed by atoms with E-state index in [-0.39, 0.29) is 10.5 Å². The van der Waals surface area contributed by atoms with E-state index in [1.807, 2.05) is 0 Å². The molecule has 12 heavy (non-hydrogen) atoms. The van der Waals surface area contributed by atoms with Gasteiger partial charge >= 0.3 is 7.12 Å². The van der Waals surface area contributed by atoms with Crippen molar-refractivity contribution in [3.8, 4) is 5.75 Å². The lowest BCUT2D eigenvalue weighted by Gasteiger charge is -2.02. The van der Waals surface area contributed by atoms with Crippen LogP contribution in [-0.4, -0.2) is 22.3 Å². The van der Waals surface area contributed by atoms with Crippen molar-refractivity contribution in [2.45, 2.75) is 0 Å². The number of hydrogen-bond acceptors (Lipinski definition) is 3. The van der Waals surface area contributed by atoms with E-state index in [4.69, 9.17) is 26.8 Å². The van der Waals surface area contributed by atoms with Crippen LogP contribution in [0.3, 0.4) is 0 Å². The number of hydrogen-bond donors (Lipinski definition) is 3. The molecule has 64 valence electrons. The van der Waals surface area contributed by atoms with Crippen LogP contribution in [0.5, 0.6) is 5.75 Å². The average molecular weight is 190 g/mol. The lowest BCUT2D eigenvalue weighted by Crippen LogP contribution is -2.29. The Morgan fingerprint density at radius 2 is 1.92 bits per heavy atom. The van der Waals surface area contributed by atoms with Crippen molar-refractivity contribution in [2.75, 3.05) is 0 Å². The zero-order valence-corrected chi connectivity index (χ0v) is 6.59. The van der Waals surface area contributed by atoms with Crippen LogP contribution in [0, 0.1) is 5.82 Å². The highest BCUT2D eigenvalue weighted by Crippen LogP contribution is 2.21. The number of phenols is 1. The molecule has 0 saturated carbocycles. The molecule has 1 rings (SSSR count). The Kier molecular flexibility index (Phi) is 2.57. The van der Waals surface area contributed by atoms with Crippen molar-refractivity contribution in [1.29, 1.82) is 0 Å². The molecule has 0 heterocycles. The van der Waals surface area contributed by atoms with Gasteiger partial charge in [0.05, 0.1) is 5.02 Å². The molecule has 0 bridgehead atoms. The van der Waals surface area contributed by atoms with Crippen molar-refractivity contribution in [2.24, 2.45) is 0 Å². The van der Waals surface area contributed by atoms with Crippen molar-refractivity contribution < 1.29 is 19.5 Å². The van der Waals surface area contributed by atoms with E-state index in [1.165, 1.54) is 0 Å². The van der Waals surface area contributed by atoms with Gasteiger partial charge in [0.15, 0.2) is 11.6 Å². The summed E-state index contributed by atoms with van der Waals surface area (Å²) < 4.78 is 12.6. The minimum absolute atomic E-state index is 0.0566. The van der Waals surface area contributed by atoms with E-state index in [0.29, 0.717) is 0 Å². The zero-order valence-electron chi connectivity index (χ0n) is 5.83. The van der Waals surface area contributed by atoms with Gasteiger partial charge in [-0.15, -0.1) is 0 Å². The molecular formula is C6H5BClFO3. The average Bonchev–Trinajstić information content (AvgIpc) is 1.99. The van der Waals surface area contributed by atoms with Crippen molar-refractivity contribution in [3.05, 3.63) is 23.0 Å². The van der Waals surface area contributed by atoms with E-state index in [9.17, 15) is 4.39 Å². The van der Waals surface area contributed by atoms with Gasteiger partial charge in [-0.05, 0) is 17.6 Å². The summed E-state index contributed by atoms with van der Waals surface area (Å²) in [6.45, 7) is 0. The molecule has 0 aliphatic rings. The molecule has 0 spiro atoms. The Bertz CT molecular complexity index is 282. The van der Waals surface area contributed by atoms with Crippen LogP contribution in [0.4, 0.5) is 4.39 Å². The number of phenolic OH excluding ortho intramolecular Hbond substituents is 1. The Labute approximate surface area is 73.2 Å². The molecule has 0 fully saturated rings. The summed E-state index contributed by atoms with van der Waals surface area (Å²) in [5, 5.41) is 25.8. The Balaban J connectivity index is 3.21. The third-order valence-electron chi connectivity index (χ3n) is 1.33. The van der Waals surface area contributed by atoms with E-state index in [1.54, 1.807) is 0 Å². The quantitative estimate of drug-likeness (QED) is 0.540. The van der Waals surface area contributed by atoms with E-state index in [0.717, 1.165) is 12.1 Å². The lowest BCUT2D eigenvalue weighted by molar-refractivity contribution is 0.420. The minimum atomic E-state index is -1.77. The fraction of sp³-hybridized carbons (Fsp3) is 0. The molecule has 0 amide bonds. The third kappa shape index (κ3) is 1.69. The van der Waals surface area contributed by atoms with Gasteiger partial charge in [-0.25, -0.2) is 4.39 Å². The molecule has 1 aromatic rings. The van der Waals surface area contributed by atoms with E-state index in [2.05, 4.69) is 0 Å². The van der Waals surface area contributed by atoms with Gasteiger partial charge in [-0.2, -0.15) is 0 Å². The van der Waals surface area contributed by atoms with Crippen LogP contribution in [0.15, 0.2) is 12.1 Å². The molecule has 0 atom stereocenters. The van der Waals surface area contributed by atoms with Gasteiger partial charge in [0.2, 0.25) is 0 Å². The maximum Gasteiger partial charge on any atom is 0.488 e. The standard InChI is InChI=1S/C6H5BClFO3/c8-4-1-3(7(11)12)2-5(10)6(4)9/h1-2,10-12H. The van der Waals surface area contributed by atoms with Gasteiger partial charge in [0.1, 0.15) is 0 Å². The molecule has 0 aliphatic carbocycles. The van der Waals surface area contributed by atoms with Crippen LogP contribution >= 0.6 is 11.6 Å². The topological polar surface area (TPSA) is 60.7 Å². The molecule has 6 heteroatoms. The highest BCUT2D eigenvalue weighted by molar-refractivity contribution is 6.59. The molecule has 0 saturated heterocycles. The summed E-state index contributed by atoms with van der Waals surface area (Å²) in [4.78, 5) is 0. The van der Waals surface area contributed by atoms with Crippen LogP contribution < -0.4 is 5.46 Å². The number of rotatable bonds is 1. The zero-order chi connectivity index (χ0) is 9.30. The van der Waals surface area contributed by atoms with Crippen LogP contribution in [0.2, 0.25) is 5.02 Å². The van der Waals surface area contributed by atoms with Gasteiger partial charge < -0.3 is 15.2 Å². The van der Waals surface area contributed by atoms with Crippen molar-refractivity contribution >= 4 is 24.2 Å². The second kappa shape index (κ2) is 3.31. The van der Waals surface area contributed by atoms with Gasteiger partial charge in [0, 0.05) is 0 Å². The largest absolute Gasteiger partial charge is 0.505 e. The normalized spacial score (nSPS) is 10.0. The first-order valence-electron chi connectivity index (χ1n) is 3.06. The van der Waals surface area contributed by atoms with Crippen LogP contribution in [0.1, 0.15) is 0 Å². The predicted octanol–water partition coefficient (Wildman–Crippen LogP) is -0.136. The summed E-state index contributed by atoms with van der Waals surface area (Å²) in [6, 6.07) is 1.92. The third-order valence-corrected chi connectivity index (χ3v) is 1.60. The van der Waals surface area contributed by atoms with Crippen LogP contribution in [0.25, 0.3) is 0 Å². The fourth-order valence-corrected chi connectivity index (χ4v) is 0.967. The Hall–Kier alpha value is -0.775. The maximum absolute atomic E-state index is 12.6. The highest BCUT2D eigenvalue weighted by Gasteiger charge is 2.16. The molecule has 0 aliphatic heterocycles. The maximum atomic E-state index is 12.6. The first-order chi connectivity index (χ1) is 5.52. The SMILES string of the molecule is OB(O)c1cc(O)c(F)c(Cl)c1. The van der Waals surface area contributed by atoms with Crippen molar-refractivity contribution in [1.82, 2.24) is 0 Å². The first kappa shape index (κ1) is 9.31. The number of halogens is 2. The summed E-state index contributed by atoms with van der Waals surface area (Å²) in [7, 11) is -1.77. The van der Waals surface area contributed by atoms with E-state index >= 15 is 0 Å². The first-order valence-corrected chi connectivity index (χ1v) is 3.44. The fourth-order valence-electron chi connectivity index (χ4n) is 0.744. The summed E-state index contributed by atoms with van der Waals surface area (Å²) in [6.07, 6.45) is 0. The number of aromatic hydroxyl groups is 1. The molecule has 1 aromatic carbocycles. The smallest absolute Gasteiger partial charge is 0.488 e. The van der Waals surface area contributed by atoms with Crippen molar-refractivity contribution in [3.63, 3.8) is 0 Å². The minimum Gasteiger partial charge on any atom is -0.505 e. The van der Waals surface area contributed by atoms with Crippen LogP contribution in [-0.2, 0) is 0 Å². The molecular weight excluding hydrogens is 185 g/mol. The van der Waals surface area contributed by atoms with Gasteiger partial charge in [-0.1, -0.05) is 11.6 Å². The molecule has 0 radical (unpaired) electrons. The second-order valence-corrected chi connectivity index (χ2v) is 2.62. The summed E-state index contributed by atoms with van der Waals surface area (Å²) >= 11 is 5.31. The Morgan fingerprint density at radius 3 is 2.33 bits per heavy atom. The molecule has 0 aromatic heterocycles. The molecule has 3 nitrogen and oxygen atoms in total. The Morgan fingerprint density at radius 1 is 1.33 bits per heavy atom.